The highest BCUT2D eigenvalue weighted by Crippen LogP contribution is 2.32. The molecule has 0 spiro atoms. The monoisotopic (exact) mass is 450 g/mol. The molecule has 1 fully saturated rings. The number of likely N-dealkylation sites (N-methyl/N-ethyl adjacent to an activating group) is 1. The van der Waals surface area contributed by atoms with E-state index in [1.54, 1.807) is 29.2 Å². The molecule has 0 N–H and O–H groups in total. The van der Waals surface area contributed by atoms with Crippen LogP contribution in [0, 0.1) is 13.8 Å². The minimum Gasteiger partial charge on any atom is -0.308 e. The lowest BCUT2D eigenvalue weighted by Gasteiger charge is -2.22. The minimum absolute atomic E-state index is 0.162. The third-order valence-electron chi connectivity index (χ3n) is 5.66. The summed E-state index contributed by atoms with van der Waals surface area (Å²) < 4.78 is 1.05. The first-order valence-corrected chi connectivity index (χ1v) is 11.4. The molecule has 32 heavy (non-hydrogen) atoms. The number of carbonyl (C=O) groups is 3. The van der Waals surface area contributed by atoms with Crippen molar-refractivity contribution in [2.24, 2.45) is 0 Å². The molecule has 2 heterocycles. The molecule has 0 bridgehead atoms. The highest BCUT2D eigenvalue weighted by molar-refractivity contribution is 7.22. The normalized spacial score (nSPS) is 14.1. The van der Waals surface area contributed by atoms with Crippen molar-refractivity contribution < 1.29 is 14.4 Å². The Morgan fingerprint density at radius 2 is 1.62 bits per heavy atom. The molecule has 1 aliphatic rings. The highest BCUT2D eigenvalue weighted by Gasteiger charge is 2.30. The maximum atomic E-state index is 13.5. The SMILES string of the molecule is Cc1cc2nc(N(CCN(C)C)C(=O)c3ccc(N4C(=O)CCC4=O)cc3)sc2cc1C. The molecular weight excluding hydrogens is 424 g/mol. The van der Waals surface area contributed by atoms with Gasteiger partial charge in [0.1, 0.15) is 0 Å². The third-order valence-corrected chi connectivity index (χ3v) is 6.70. The molecular formula is C24H26N4O3S. The van der Waals surface area contributed by atoms with Gasteiger partial charge in [-0.2, -0.15) is 0 Å². The first-order valence-electron chi connectivity index (χ1n) is 10.5. The van der Waals surface area contributed by atoms with Crippen molar-refractivity contribution in [3.05, 3.63) is 53.1 Å². The lowest BCUT2D eigenvalue weighted by molar-refractivity contribution is -0.121. The van der Waals surface area contributed by atoms with Gasteiger partial charge in [0.2, 0.25) is 11.8 Å². The number of imide groups is 1. The first kappa shape index (κ1) is 22.1. The smallest absolute Gasteiger partial charge is 0.260 e. The molecule has 1 saturated heterocycles. The van der Waals surface area contributed by atoms with Crippen molar-refractivity contribution in [3.63, 3.8) is 0 Å². The Hall–Kier alpha value is -3.10. The number of aromatic nitrogens is 1. The van der Waals surface area contributed by atoms with Crippen LogP contribution < -0.4 is 9.80 Å². The predicted molar refractivity (Wildman–Crippen MR) is 127 cm³/mol. The van der Waals surface area contributed by atoms with E-state index in [4.69, 9.17) is 4.98 Å². The molecule has 1 aromatic heterocycles. The maximum absolute atomic E-state index is 13.5. The second-order valence-electron chi connectivity index (χ2n) is 8.33. The van der Waals surface area contributed by atoms with Gasteiger partial charge < -0.3 is 4.90 Å². The Bertz CT molecular complexity index is 1140. The Balaban J connectivity index is 1.65. The van der Waals surface area contributed by atoms with E-state index in [2.05, 4.69) is 26.0 Å². The van der Waals surface area contributed by atoms with Crippen LogP contribution in [0.15, 0.2) is 36.4 Å². The van der Waals surface area contributed by atoms with Crippen molar-refractivity contribution in [1.29, 1.82) is 0 Å². The Morgan fingerprint density at radius 3 is 2.25 bits per heavy atom. The van der Waals surface area contributed by atoms with Crippen LogP contribution in [0.3, 0.4) is 0 Å². The molecule has 0 radical (unpaired) electrons. The quantitative estimate of drug-likeness (QED) is 0.535. The summed E-state index contributed by atoms with van der Waals surface area (Å²) in [7, 11) is 3.93. The Labute approximate surface area is 191 Å². The number of anilines is 2. The van der Waals surface area contributed by atoms with Gasteiger partial charge in [0.05, 0.1) is 15.9 Å². The average Bonchev–Trinajstić information content (AvgIpc) is 3.30. The van der Waals surface area contributed by atoms with Crippen LogP contribution in [0.5, 0.6) is 0 Å². The first-order chi connectivity index (χ1) is 15.2. The Kier molecular flexibility index (Phi) is 6.08. The summed E-state index contributed by atoms with van der Waals surface area (Å²) in [6, 6.07) is 10.8. The molecule has 166 valence electrons. The van der Waals surface area contributed by atoms with Crippen LogP contribution in [0.25, 0.3) is 10.2 Å². The van der Waals surface area contributed by atoms with Crippen LogP contribution >= 0.6 is 11.3 Å². The van der Waals surface area contributed by atoms with Gasteiger partial charge in [-0.15, -0.1) is 0 Å². The number of thiazole rings is 1. The number of aryl methyl sites for hydroxylation is 2. The molecule has 3 aromatic rings. The molecule has 4 rings (SSSR count). The molecule has 7 nitrogen and oxygen atoms in total. The van der Waals surface area contributed by atoms with Gasteiger partial charge in [-0.3, -0.25) is 24.2 Å². The molecule has 0 saturated carbocycles. The summed E-state index contributed by atoms with van der Waals surface area (Å²) in [5, 5.41) is 0.658. The highest BCUT2D eigenvalue weighted by atomic mass is 32.1. The van der Waals surface area contributed by atoms with Crippen molar-refractivity contribution in [3.8, 4) is 0 Å². The van der Waals surface area contributed by atoms with E-state index in [1.807, 2.05) is 19.0 Å². The van der Waals surface area contributed by atoms with E-state index >= 15 is 0 Å². The summed E-state index contributed by atoms with van der Waals surface area (Å²) in [6.07, 6.45) is 0.461. The van der Waals surface area contributed by atoms with Gasteiger partial charge in [0, 0.05) is 31.5 Å². The molecule has 0 unspecified atom stereocenters. The number of carbonyl (C=O) groups excluding carboxylic acids is 3. The van der Waals surface area contributed by atoms with Crippen LogP contribution in [0.4, 0.5) is 10.8 Å². The standard InChI is InChI=1S/C24H26N4O3S/c1-15-13-19-20(14-16(15)2)32-24(25-19)27(12-11-26(3)4)23(31)17-5-7-18(8-6-17)28-21(29)9-10-22(28)30/h5-8,13-14H,9-12H2,1-4H3. The number of nitrogens with zero attached hydrogens (tertiary/aromatic N) is 4. The second-order valence-corrected chi connectivity index (χ2v) is 9.34. The molecule has 2 aromatic carbocycles. The third kappa shape index (κ3) is 4.28. The lowest BCUT2D eigenvalue weighted by atomic mass is 10.1. The number of rotatable bonds is 6. The van der Waals surface area contributed by atoms with E-state index in [0.717, 1.165) is 10.2 Å². The van der Waals surface area contributed by atoms with Crippen molar-refractivity contribution in [2.75, 3.05) is 37.0 Å². The minimum atomic E-state index is -0.207. The average molecular weight is 451 g/mol. The summed E-state index contributed by atoms with van der Waals surface area (Å²) in [5.41, 5.74) is 4.23. The van der Waals surface area contributed by atoms with Gasteiger partial charge in [-0.25, -0.2) is 4.98 Å². The van der Waals surface area contributed by atoms with Crippen LogP contribution in [0.1, 0.15) is 34.3 Å². The molecule has 3 amide bonds. The number of benzene rings is 2. The van der Waals surface area contributed by atoms with E-state index in [9.17, 15) is 14.4 Å². The molecule has 1 aliphatic heterocycles. The number of fused-ring (bicyclic) bond motifs is 1. The van der Waals surface area contributed by atoms with E-state index in [1.165, 1.54) is 27.4 Å². The number of amides is 3. The Morgan fingerprint density at radius 1 is 1.00 bits per heavy atom. The zero-order chi connectivity index (χ0) is 23.0. The van der Waals surface area contributed by atoms with Crippen molar-refractivity contribution in [1.82, 2.24) is 9.88 Å². The van der Waals surface area contributed by atoms with E-state index in [0.29, 0.717) is 29.5 Å². The number of hydrogen-bond acceptors (Lipinski definition) is 6. The largest absolute Gasteiger partial charge is 0.308 e. The summed E-state index contributed by atoms with van der Waals surface area (Å²) in [4.78, 5) is 47.1. The van der Waals surface area contributed by atoms with Crippen LogP contribution in [-0.2, 0) is 9.59 Å². The van der Waals surface area contributed by atoms with Crippen LogP contribution in [0.2, 0.25) is 0 Å². The molecule has 8 heteroatoms. The fourth-order valence-electron chi connectivity index (χ4n) is 3.64. The fraction of sp³-hybridized carbons (Fsp3) is 0.333. The topological polar surface area (TPSA) is 73.8 Å². The predicted octanol–water partition coefficient (Wildman–Crippen LogP) is 3.77. The zero-order valence-electron chi connectivity index (χ0n) is 18.7. The zero-order valence-corrected chi connectivity index (χ0v) is 19.5. The van der Waals surface area contributed by atoms with Gasteiger partial charge in [-0.1, -0.05) is 11.3 Å². The molecule has 0 aliphatic carbocycles. The van der Waals surface area contributed by atoms with Gasteiger partial charge in [-0.05, 0) is 75.5 Å². The van der Waals surface area contributed by atoms with Gasteiger partial charge in [0.15, 0.2) is 5.13 Å². The second kappa shape index (κ2) is 8.80. The summed E-state index contributed by atoms with van der Waals surface area (Å²) in [6.45, 7) is 5.31. The maximum Gasteiger partial charge on any atom is 0.260 e. The van der Waals surface area contributed by atoms with Crippen molar-refractivity contribution in [2.45, 2.75) is 26.7 Å². The van der Waals surface area contributed by atoms with Gasteiger partial charge in [0.25, 0.3) is 5.91 Å². The summed E-state index contributed by atoms with van der Waals surface area (Å²) >= 11 is 1.50. The lowest BCUT2D eigenvalue weighted by Crippen LogP contribution is -2.36. The summed E-state index contributed by atoms with van der Waals surface area (Å²) in [5.74, 6) is -0.575. The van der Waals surface area contributed by atoms with E-state index < -0.39 is 0 Å². The fourth-order valence-corrected chi connectivity index (χ4v) is 4.71. The van der Waals surface area contributed by atoms with E-state index in [-0.39, 0.29) is 30.6 Å². The van der Waals surface area contributed by atoms with Crippen molar-refractivity contribution >= 4 is 50.1 Å². The van der Waals surface area contributed by atoms with Gasteiger partial charge >= 0.3 is 0 Å². The van der Waals surface area contributed by atoms with Crippen LogP contribution in [-0.4, -0.2) is 54.8 Å². The molecule has 0 atom stereocenters. The number of hydrogen-bond donors (Lipinski definition) is 0.